The van der Waals surface area contributed by atoms with E-state index in [4.69, 9.17) is 4.74 Å². The molecule has 1 saturated carbocycles. The molecule has 0 bridgehead atoms. The Morgan fingerprint density at radius 1 is 0.975 bits per heavy atom. The minimum absolute atomic E-state index is 0.154. The maximum atomic E-state index is 12.9. The second-order valence-electron chi connectivity index (χ2n) is 10.7. The first-order chi connectivity index (χ1) is 19.4. The van der Waals surface area contributed by atoms with Crippen LogP contribution in [0.5, 0.6) is 11.6 Å². The van der Waals surface area contributed by atoms with Crippen LogP contribution in [-0.4, -0.2) is 48.3 Å². The van der Waals surface area contributed by atoms with Gasteiger partial charge in [0.1, 0.15) is 17.3 Å². The van der Waals surface area contributed by atoms with E-state index < -0.39 is 10.0 Å². The molecule has 208 valence electrons. The molecule has 9 nitrogen and oxygen atoms in total. The van der Waals surface area contributed by atoms with E-state index in [1.165, 1.54) is 0 Å². The Morgan fingerprint density at radius 2 is 1.80 bits per heavy atom. The van der Waals surface area contributed by atoms with Crippen molar-refractivity contribution in [3.05, 3.63) is 66.6 Å². The number of hydrogen-bond acceptors (Lipinski definition) is 8. The summed E-state index contributed by atoms with van der Waals surface area (Å²) in [5.41, 5.74) is 2.79. The maximum absolute atomic E-state index is 12.9. The topological polar surface area (TPSA) is 118 Å². The maximum Gasteiger partial charge on any atom is 0.246 e. The lowest BCUT2D eigenvalue weighted by Crippen LogP contribution is -2.38. The minimum Gasteiger partial charge on any atom is -0.436 e. The molecule has 0 amide bonds. The number of sulfonamides is 1. The van der Waals surface area contributed by atoms with Gasteiger partial charge >= 0.3 is 0 Å². The van der Waals surface area contributed by atoms with Crippen LogP contribution in [0, 0.1) is 12.8 Å². The van der Waals surface area contributed by atoms with Crippen molar-refractivity contribution in [2.75, 3.05) is 28.9 Å². The summed E-state index contributed by atoms with van der Waals surface area (Å²) >= 11 is 0. The zero-order valence-corrected chi connectivity index (χ0v) is 23.4. The number of nitrogens with one attached hydrogen (secondary N) is 3. The second-order valence-corrected chi connectivity index (χ2v) is 12.5. The van der Waals surface area contributed by atoms with Crippen LogP contribution in [0.25, 0.3) is 22.0 Å². The lowest BCUT2D eigenvalue weighted by Gasteiger charge is -2.25. The first-order valence-electron chi connectivity index (χ1n) is 13.9. The molecule has 3 heterocycles. The SMILES string of the molecule is Cc1cc(NS(=O)(=O)CC2CCC2)c2ccccc2c1Oc1nccnc1-c1ccnc(N[C@H]2CCCNC2)c1. The summed E-state index contributed by atoms with van der Waals surface area (Å²) in [6.07, 6.45) is 10.3. The van der Waals surface area contributed by atoms with Crippen molar-refractivity contribution in [3.8, 4) is 22.9 Å². The number of pyridine rings is 1. The van der Waals surface area contributed by atoms with Gasteiger partial charge in [-0.05, 0) is 68.8 Å². The number of aryl methyl sites for hydroxylation is 1. The second kappa shape index (κ2) is 11.4. The Morgan fingerprint density at radius 3 is 2.58 bits per heavy atom. The Hall–Kier alpha value is -3.76. The minimum atomic E-state index is -3.46. The normalized spacial score (nSPS) is 17.8. The molecule has 1 aliphatic heterocycles. The monoisotopic (exact) mass is 558 g/mol. The number of aromatic nitrogens is 3. The largest absolute Gasteiger partial charge is 0.436 e. The first kappa shape index (κ1) is 26.5. The summed E-state index contributed by atoms with van der Waals surface area (Å²) in [4.78, 5) is 13.6. The third kappa shape index (κ3) is 5.88. The van der Waals surface area contributed by atoms with Gasteiger partial charge in [0, 0.05) is 47.5 Å². The molecule has 0 radical (unpaired) electrons. The quantitative estimate of drug-likeness (QED) is 0.247. The van der Waals surface area contributed by atoms with Crippen LogP contribution in [0.15, 0.2) is 61.1 Å². The highest BCUT2D eigenvalue weighted by molar-refractivity contribution is 7.92. The molecule has 4 aromatic rings. The van der Waals surface area contributed by atoms with Gasteiger partial charge in [-0.15, -0.1) is 0 Å². The molecule has 40 heavy (non-hydrogen) atoms. The molecule has 1 saturated heterocycles. The fraction of sp³-hybridized carbons (Fsp3) is 0.367. The molecule has 1 aliphatic carbocycles. The number of benzene rings is 2. The zero-order chi connectivity index (χ0) is 27.5. The molecule has 2 aromatic carbocycles. The van der Waals surface area contributed by atoms with Crippen LogP contribution >= 0.6 is 0 Å². The Kier molecular flexibility index (Phi) is 7.53. The molecule has 0 unspecified atom stereocenters. The van der Waals surface area contributed by atoms with Crippen LogP contribution in [0.3, 0.4) is 0 Å². The molecule has 0 spiro atoms. The van der Waals surface area contributed by atoms with Crippen molar-refractivity contribution in [3.63, 3.8) is 0 Å². The number of fused-ring (bicyclic) bond motifs is 1. The summed E-state index contributed by atoms with van der Waals surface area (Å²) in [5, 5.41) is 8.50. The van der Waals surface area contributed by atoms with Gasteiger partial charge in [0.2, 0.25) is 15.9 Å². The third-order valence-corrected chi connectivity index (χ3v) is 9.11. The van der Waals surface area contributed by atoms with Crippen LogP contribution < -0.4 is 20.1 Å². The van der Waals surface area contributed by atoms with Gasteiger partial charge in [0.05, 0.1) is 11.4 Å². The summed E-state index contributed by atoms with van der Waals surface area (Å²) in [5.74, 6) is 2.15. The lowest BCUT2D eigenvalue weighted by atomic mass is 9.87. The van der Waals surface area contributed by atoms with Crippen molar-refractivity contribution in [1.82, 2.24) is 20.3 Å². The van der Waals surface area contributed by atoms with E-state index in [0.29, 0.717) is 29.1 Å². The molecule has 10 heteroatoms. The fourth-order valence-electron chi connectivity index (χ4n) is 5.42. The van der Waals surface area contributed by atoms with Crippen LogP contribution in [0.4, 0.5) is 11.5 Å². The number of nitrogens with zero attached hydrogens (tertiary/aromatic N) is 3. The van der Waals surface area contributed by atoms with Crippen molar-refractivity contribution >= 4 is 32.3 Å². The standard InChI is InChI=1S/C30H34N6O3S/c1-20-16-26(36-40(37,38)19-21-6-4-7-21)24-9-2-3-10-25(24)29(20)39-30-28(33-14-15-34-30)22-11-13-32-27(17-22)35-23-8-5-12-31-18-23/h2-3,9-11,13-17,21,23,31,36H,4-8,12,18-19H2,1H3,(H,32,35)/t23-/m0/s1. The van der Waals surface area contributed by atoms with E-state index >= 15 is 0 Å². The van der Waals surface area contributed by atoms with Crippen molar-refractivity contribution in [1.29, 1.82) is 0 Å². The van der Waals surface area contributed by atoms with Crippen LogP contribution in [-0.2, 0) is 10.0 Å². The van der Waals surface area contributed by atoms with E-state index in [1.807, 2.05) is 49.4 Å². The van der Waals surface area contributed by atoms with Gasteiger partial charge in [0.25, 0.3) is 0 Å². The lowest BCUT2D eigenvalue weighted by molar-refractivity contribution is 0.347. The highest BCUT2D eigenvalue weighted by Crippen LogP contribution is 2.40. The molecular weight excluding hydrogens is 524 g/mol. The summed E-state index contributed by atoms with van der Waals surface area (Å²) in [6.45, 7) is 3.87. The number of hydrogen-bond donors (Lipinski definition) is 3. The number of anilines is 2. The third-order valence-electron chi connectivity index (χ3n) is 7.67. The zero-order valence-electron chi connectivity index (χ0n) is 22.6. The summed E-state index contributed by atoms with van der Waals surface area (Å²) in [7, 11) is -3.46. The van der Waals surface area contributed by atoms with E-state index in [9.17, 15) is 8.42 Å². The Balaban J connectivity index is 1.31. The molecule has 3 N–H and O–H groups in total. The van der Waals surface area contributed by atoms with Gasteiger partial charge in [-0.1, -0.05) is 30.7 Å². The van der Waals surface area contributed by atoms with Gasteiger partial charge in [0.15, 0.2) is 0 Å². The van der Waals surface area contributed by atoms with Crippen LogP contribution in [0.2, 0.25) is 0 Å². The number of piperidine rings is 1. The highest BCUT2D eigenvalue weighted by Gasteiger charge is 2.25. The molecular formula is C30H34N6O3S. The molecule has 1 atom stereocenters. The molecule has 2 fully saturated rings. The van der Waals surface area contributed by atoms with Crippen LogP contribution in [0.1, 0.15) is 37.7 Å². The predicted octanol–water partition coefficient (Wildman–Crippen LogP) is 5.50. The first-order valence-corrected chi connectivity index (χ1v) is 15.6. The van der Waals surface area contributed by atoms with E-state index in [0.717, 1.165) is 72.9 Å². The van der Waals surface area contributed by atoms with E-state index in [1.54, 1.807) is 18.6 Å². The van der Waals surface area contributed by atoms with E-state index in [-0.39, 0.29) is 11.7 Å². The van der Waals surface area contributed by atoms with Gasteiger partial charge < -0.3 is 15.4 Å². The predicted molar refractivity (Wildman–Crippen MR) is 158 cm³/mol. The Bertz CT molecular complexity index is 1620. The summed E-state index contributed by atoms with van der Waals surface area (Å²) < 4.78 is 35.1. The molecule has 2 aromatic heterocycles. The molecule has 2 aliphatic rings. The van der Waals surface area contributed by atoms with Crippen molar-refractivity contribution < 1.29 is 13.2 Å². The highest BCUT2D eigenvalue weighted by atomic mass is 32.2. The molecule has 6 rings (SSSR count). The average Bonchev–Trinajstić information content (AvgIpc) is 2.94. The number of ether oxygens (including phenoxy) is 1. The van der Waals surface area contributed by atoms with E-state index in [2.05, 4.69) is 30.3 Å². The number of rotatable bonds is 9. The van der Waals surface area contributed by atoms with Gasteiger partial charge in [-0.2, -0.15) is 0 Å². The average molecular weight is 559 g/mol. The smallest absolute Gasteiger partial charge is 0.246 e. The van der Waals surface area contributed by atoms with Gasteiger partial charge in [-0.25, -0.2) is 23.4 Å². The fourth-order valence-corrected chi connectivity index (χ4v) is 6.96. The summed E-state index contributed by atoms with van der Waals surface area (Å²) in [6, 6.07) is 13.7. The van der Waals surface area contributed by atoms with Crippen molar-refractivity contribution in [2.45, 2.75) is 45.1 Å². The van der Waals surface area contributed by atoms with Gasteiger partial charge in [-0.3, -0.25) is 4.72 Å². The van der Waals surface area contributed by atoms with Crippen molar-refractivity contribution in [2.24, 2.45) is 5.92 Å². The Labute approximate surface area is 234 Å².